The molecule has 0 saturated heterocycles. The summed E-state index contributed by atoms with van der Waals surface area (Å²) in [5.74, 6) is 1.36. The minimum absolute atomic E-state index is 0.310. The molecule has 0 amide bonds. The molecule has 3 heteroatoms. The van der Waals surface area contributed by atoms with Gasteiger partial charge in [0, 0.05) is 25.7 Å². The van der Waals surface area contributed by atoms with Crippen LogP contribution in [0.1, 0.15) is 31.2 Å². The molecule has 0 radical (unpaired) electrons. The van der Waals surface area contributed by atoms with Crippen molar-refractivity contribution in [1.82, 2.24) is 0 Å². The Labute approximate surface area is 94.4 Å². The second kappa shape index (κ2) is 3.24. The average molecular weight is 218 g/mol. The molecule has 3 rings (SSSR count). The molecular formula is C13H14O3. The second-order valence-corrected chi connectivity index (χ2v) is 4.60. The Bertz CT molecular complexity index is 440. The zero-order valence-corrected chi connectivity index (χ0v) is 9.29. The highest BCUT2D eigenvalue weighted by Crippen LogP contribution is 2.45. The van der Waals surface area contributed by atoms with E-state index in [1.165, 1.54) is 0 Å². The van der Waals surface area contributed by atoms with Gasteiger partial charge in [-0.3, -0.25) is 4.79 Å². The number of aryl methyl sites for hydroxylation is 1. The summed E-state index contributed by atoms with van der Waals surface area (Å²) in [6.07, 6.45) is 2.46. The smallest absolute Gasteiger partial charge is 0.252 e. The lowest BCUT2D eigenvalue weighted by atomic mass is 9.93. The zero-order chi connectivity index (χ0) is 11.2. The van der Waals surface area contributed by atoms with E-state index in [0.29, 0.717) is 31.5 Å². The lowest BCUT2D eigenvalue weighted by Gasteiger charge is -2.30. The molecule has 16 heavy (non-hydrogen) atoms. The maximum atomic E-state index is 11.2. The summed E-state index contributed by atoms with van der Waals surface area (Å²) < 4.78 is 11.8. The molecule has 84 valence electrons. The molecule has 0 bridgehead atoms. The van der Waals surface area contributed by atoms with Crippen LogP contribution >= 0.6 is 0 Å². The number of fused-ring (bicyclic) bond motifs is 1. The Morgan fingerprint density at radius 1 is 1.12 bits per heavy atom. The van der Waals surface area contributed by atoms with Crippen molar-refractivity contribution < 1.29 is 14.3 Å². The lowest BCUT2D eigenvalue weighted by molar-refractivity contribution is -0.138. The van der Waals surface area contributed by atoms with Gasteiger partial charge in [0.15, 0.2) is 11.5 Å². The number of carbonyl (C=O) groups is 1. The first-order valence-electron chi connectivity index (χ1n) is 5.67. The fourth-order valence-electron chi connectivity index (χ4n) is 2.31. The molecule has 0 atom stereocenters. The number of Topliss-reactive ketones (excluding diaryl/α,β-unsaturated/α-hetero) is 1. The van der Waals surface area contributed by atoms with E-state index in [1.807, 2.05) is 25.1 Å². The van der Waals surface area contributed by atoms with Crippen LogP contribution in [0, 0.1) is 6.92 Å². The number of benzene rings is 1. The molecule has 0 N–H and O–H groups in total. The molecule has 1 fully saturated rings. The Kier molecular flexibility index (Phi) is 1.96. The molecule has 1 aliphatic heterocycles. The minimum Gasteiger partial charge on any atom is -0.448 e. The Hall–Kier alpha value is -1.51. The molecule has 1 heterocycles. The van der Waals surface area contributed by atoms with Gasteiger partial charge in [-0.05, 0) is 24.6 Å². The Morgan fingerprint density at radius 2 is 1.81 bits per heavy atom. The molecule has 1 saturated carbocycles. The number of carbonyl (C=O) groups excluding carboxylic acids is 1. The van der Waals surface area contributed by atoms with E-state index in [-0.39, 0.29) is 0 Å². The Balaban J connectivity index is 1.87. The average Bonchev–Trinajstić information content (AvgIpc) is 2.60. The first-order valence-corrected chi connectivity index (χ1v) is 5.67. The fraction of sp³-hybridized carbons (Fsp3) is 0.462. The molecular weight excluding hydrogens is 204 g/mol. The summed E-state index contributed by atoms with van der Waals surface area (Å²) >= 11 is 0. The van der Waals surface area contributed by atoms with Crippen LogP contribution in [0.5, 0.6) is 11.5 Å². The van der Waals surface area contributed by atoms with Crippen LogP contribution in [0.4, 0.5) is 0 Å². The minimum atomic E-state index is -0.565. The third-order valence-electron chi connectivity index (χ3n) is 3.26. The SMILES string of the molecule is Cc1ccc2c(c1)OC1(CCC(=O)CC1)O2. The summed E-state index contributed by atoms with van der Waals surface area (Å²) in [5.41, 5.74) is 1.16. The van der Waals surface area contributed by atoms with Gasteiger partial charge in [-0.25, -0.2) is 0 Å². The molecule has 1 aliphatic carbocycles. The zero-order valence-electron chi connectivity index (χ0n) is 9.29. The largest absolute Gasteiger partial charge is 0.448 e. The first kappa shape index (κ1) is 9.70. The number of ketones is 1. The van der Waals surface area contributed by atoms with Gasteiger partial charge in [-0.15, -0.1) is 0 Å². The molecule has 2 aliphatic rings. The van der Waals surface area contributed by atoms with Gasteiger partial charge in [-0.1, -0.05) is 6.07 Å². The van der Waals surface area contributed by atoms with Gasteiger partial charge >= 0.3 is 0 Å². The van der Waals surface area contributed by atoms with E-state index in [1.54, 1.807) is 0 Å². The normalized spacial score (nSPS) is 21.4. The van der Waals surface area contributed by atoms with Crippen LogP contribution in [0.3, 0.4) is 0 Å². The topological polar surface area (TPSA) is 35.5 Å². The van der Waals surface area contributed by atoms with Crippen molar-refractivity contribution in [2.24, 2.45) is 0 Å². The van der Waals surface area contributed by atoms with Crippen molar-refractivity contribution >= 4 is 5.78 Å². The summed E-state index contributed by atoms with van der Waals surface area (Å²) in [6, 6.07) is 5.94. The molecule has 1 spiro atoms. The van der Waals surface area contributed by atoms with Gasteiger partial charge in [-0.2, -0.15) is 0 Å². The van der Waals surface area contributed by atoms with Gasteiger partial charge in [0.1, 0.15) is 5.78 Å². The van der Waals surface area contributed by atoms with Crippen LogP contribution in [-0.2, 0) is 4.79 Å². The van der Waals surface area contributed by atoms with Crippen LogP contribution < -0.4 is 9.47 Å². The molecule has 0 unspecified atom stereocenters. The summed E-state index contributed by atoms with van der Waals surface area (Å²) in [5, 5.41) is 0. The van der Waals surface area contributed by atoms with Gasteiger partial charge in [0.05, 0.1) is 0 Å². The highest BCUT2D eigenvalue weighted by atomic mass is 16.7. The third-order valence-corrected chi connectivity index (χ3v) is 3.26. The quantitative estimate of drug-likeness (QED) is 0.671. The monoisotopic (exact) mass is 218 g/mol. The summed E-state index contributed by atoms with van der Waals surface area (Å²) in [6.45, 7) is 2.03. The lowest BCUT2D eigenvalue weighted by Crippen LogP contribution is -2.42. The fourth-order valence-corrected chi connectivity index (χ4v) is 2.31. The van der Waals surface area contributed by atoms with Crippen LogP contribution in [0.25, 0.3) is 0 Å². The van der Waals surface area contributed by atoms with Crippen molar-refractivity contribution in [2.75, 3.05) is 0 Å². The van der Waals surface area contributed by atoms with Crippen molar-refractivity contribution in [2.45, 2.75) is 38.4 Å². The van der Waals surface area contributed by atoms with Crippen molar-refractivity contribution in [1.29, 1.82) is 0 Å². The van der Waals surface area contributed by atoms with Crippen LogP contribution in [0.15, 0.2) is 18.2 Å². The number of ether oxygens (including phenoxy) is 2. The van der Waals surface area contributed by atoms with Gasteiger partial charge in [0.2, 0.25) is 0 Å². The Morgan fingerprint density at radius 3 is 2.56 bits per heavy atom. The number of rotatable bonds is 0. The van der Waals surface area contributed by atoms with Crippen LogP contribution in [0.2, 0.25) is 0 Å². The predicted molar refractivity (Wildman–Crippen MR) is 58.6 cm³/mol. The van der Waals surface area contributed by atoms with E-state index < -0.39 is 5.79 Å². The highest BCUT2D eigenvalue weighted by molar-refractivity contribution is 5.79. The molecule has 3 nitrogen and oxygen atoms in total. The van der Waals surface area contributed by atoms with E-state index in [0.717, 1.165) is 17.1 Å². The summed E-state index contributed by atoms with van der Waals surface area (Å²) in [7, 11) is 0. The standard InChI is InChI=1S/C13H14O3/c1-9-2-3-11-12(8-9)16-13(15-11)6-4-10(14)5-7-13/h2-3,8H,4-7H2,1H3. The van der Waals surface area contributed by atoms with Crippen molar-refractivity contribution in [3.05, 3.63) is 23.8 Å². The van der Waals surface area contributed by atoms with Crippen LogP contribution in [-0.4, -0.2) is 11.6 Å². The van der Waals surface area contributed by atoms with E-state index in [4.69, 9.17) is 9.47 Å². The predicted octanol–water partition coefficient (Wildman–Crippen LogP) is 2.61. The van der Waals surface area contributed by atoms with Gasteiger partial charge < -0.3 is 9.47 Å². The maximum absolute atomic E-state index is 11.2. The van der Waals surface area contributed by atoms with Crippen molar-refractivity contribution in [3.63, 3.8) is 0 Å². The maximum Gasteiger partial charge on any atom is 0.252 e. The molecule has 1 aromatic rings. The molecule has 1 aromatic carbocycles. The number of hydrogen-bond donors (Lipinski definition) is 0. The third kappa shape index (κ3) is 1.47. The second-order valence-electron chi connectivity index (χ2n) is 4.60. The molecule has 0 aromatic heterocycles. The first-order chi connectivity index (χ1) is 7.67. The van der Waals surface area contributed by atoms with Gasteiger partial charge in [0.25, 0.3) is 5.79 Å². The van der Waals surface area contributed by atoms with E-state index >= 15 is 0 Å². The van der Waals surface area contributed by atoms with Crippen molar-refractivity contribution in [3.8, 4) is 11.5 Å². The highest BCUT2D eigenvalue weighted by Gasteiger charge is 2.44. The van der Waals surface area contributed by atoms with E-state index in [9.17, 15) is 4.79 Å². The van der Waals surface area contributed by atoms with E-state index in [2.05, 4.69) is 0 Å². The number of hydrogen-bond acceptors (Lipinski definition) is 3. The summed E-state index contributed by atoms with van der Waals surface area (Å²) in [4.78, 5) is 11.2.